The number of nitrogens with zero attached hydrogens (tertiary/aromatic N) is 3. The fourth-order valence-corrected chi connectivity index (χ4v) is 5.01. The van der Waals surface area contributed by atoms with Gasteiger partial charge in [0, 0.05) is 54.5 Å². The van der Waals surface area contributed by atoms with Crippen LogP contribution in [-0.4, -0.2) is 47.4 Å². The molecule has 1 atom stereocenters. The molecule has 0 spiro atoms. The lowest BCUT2D eigenvalue weighted by atomic mass is 9.74. The van der Waals surface area contributed by atoms with Gasteiger partial charge in [0.25, 0.3) is 0 Å². The van der Waals surface area contributed by atoms with E-state index < -0.39 is 0 Å². The van der Waals surface area contributed by atoms with Crippen LogP contribution in [0.2, 0.25) is 5.02 Å². The smallest absolute Gasteiger partial charge is 0.231 e. The van der Waals surface area contributed by atoms with Crippen LogP contribution in [0.5, 0.6) is 0 Å². The van der Waals surface area contributed by atoms with Crippen molar-refractivity contribution in [2.24, 2.45) is 0 Å². The highest BCUT2D eigenvalue weighted by molar-refractivity contribution is 7.80. The minimum Gasteiger partial charge on any atom is -0.381 e. The summed E-state index contributed by atoms with van der Waals surface area (Å²) in [6.45, 7) is 7.49. The molecule has 6 nitrogen and oxygen atoms in total. The Kier molecular flexibility index (Phi) is 7.48. The number of rotatable bonds is 5. The minimum absolute atomic E-state index is 0.0452. The maximum atomic E-state index is 6.12. The summed E-state index contributed by atoms with van der Waals surface area (Å²) in [7, 11) is 0. The van der Waals surface area contributed by atoms with Gasteiger partial charge in [-0.1, -0.05) is 23.7 Å². The number of piperidine rings is 1. The normalized spacial score (nSPS) is 20.6. The molecule has 4 rings (SSSR count). The fraction of sp³-hybridized carbons (Fsp3) is 0.542. The predicted octanol–water partition coefficient (Wildman–Crippen LogP) is 4.85. The second-order valence-corrected chi connectivity index (χ2v) is 9.78. The third-order valence-corrected chi connectivity index (χ3v) is 7.16. The van der Waals surface area contributed by atoms with Gasteiger partial charge in [-0.15, -0.1) is 0 Å². The number of aryl methyl sites for hydroxylation is 1. The van der Waals surface area contributed by atoms with Crippen molar-refractivity contribution in [1.29, 1.82) is 0 Å². The molecule has 2 aromatic rings. The molecule has 0 radical (unpaired) electrons. The lowest BCUT2D eigenvalue weighted by Crippen LogP contribution is -2.45. The molecule has 172 valence electrons. The molecule has 1 aromatic carbocycles. The summed E-state index contributed by atoms with van der Waals surface area (Å²) < 4.78 is 5.64. The summed E-state index contributed by atoms with van der Waals surface area (Å²) >= 11 is 11.7. The van der Waals surface area contributed by atoms with Gasteiger partial charge in [-0.05, 0) is 75.9 Å². The average molecular weight is 474 g/mol. The zero-order chi connectivity index (χ0) is 22.6. The van der Waals surface area contributed by atoms with Gasteiger partial charge in [-0.3, -0.25) is 0 Å². The number of ether oxygens (including phenoxy) is 1. The van der Waals surface area contributed by atoms with E-state index in [1.807, 2.05) is 19.1 Å². The van der Waals surface area contributed by atoms with Gasteiger partial charge in [-0.25, -0.2) is 4.98 Å². The number of anilines is 2. The summed E-state index contributed by atoms with van der Waals surface area (Å²) in [6.07, 6.45) is 5.54. The Balaban J connectivity index is 1.44. The highest BCUT2D eigenvalue weighted by Gasteiger charge is 2.34. The Morgan fingerprint density at radius 1 is 1.22 bits per heavy atom. The number of hydrogen-bond acceptors (Lipinski definition) is 5. The topological polar surface area (TPSA) is 62.3 Å². The van der Waals surface area contributed by atoms with E-state index in [0.717, 1.165) is 49.1 Å². The van der Waals surface area contributed by atoms with Crippen molar-refractivity contribution < 1.29 is 4.74 Å². The maximum absolute atomic E-state index is 6.12. The van der Waals surface area contributed by atoms with Crippen LogP contribution in [-0.2, 0) is 10.2 Å². The van der Waals surface area contributed by atoms with E-state index in [4.69, 9.17) is 33.5 Å². The van der Waals surface area contributed by atoms with Gasteiger partial charge < -0.3 is 20.3 Å². The first-order valence-electron chi connectivity index (χ1n) is 11.5. The van der Waals surface area contributed by atoms with Crippen molar-refractivity contribution in [3.8, 4) is 0 Å². The first-order valence-corrected chi connectivity index (χ1v) is 12.2. The molecule has 8 heteroatoms. The zero-order valence-corrected chi connectivity index (χ0v) is 20.4. The predicted molar refractivity (Wildman–Crippen MR) is 135 cm³/mol. The van der Waals surface area contributed by atoms with E-state index in [0.29, 0.717) is 23.6 Å². The Morgan fingerprint density at radius 2 is 1.97 bits per heavy atom. The van der Waals surface area contributed by atoms with Gasteiger partial charge in [0.05, 0.1) is 0 Å². The Morgan fingerprint density at radius 3 is 2.69 bits per heavy atom. The molecule has 3 heterocycles. The summed E-state index contributed by atoms with van der Waals surface area (Å²) in [6, 6.07) is 10.7. The Hall–Kier alpha value is -1.96. The number of nitrogens with one attached hydrogen (secondary N) is 2. The molecule has 0 saturated carbocycles. The van der Waals surface area contributed by atoms with Gasteiger partial charge in [0.1, 0.15) is 5.82 Å². The largest absolute Gasteiger partial charge is 0.381 e. The molecule has 2 aliphatic rings. The van der Waals surface area contributed by atoms with Crippen LogP contribution in [0.25, 0.3) is 0 Å². The van der Waals surface area contributed by atoms with E-state index in [9.17, 15) is 0 Å². The van der Waals surface area contributed by atoms with E-state index in [1.165, 1.54) is 24.8 Å². The first kappa shape index (κ1) is 23.2. The average Bonchev–Trinajstić information content (AvgIpc) is 2.79. The standard InChI is InChI=1S/C24H32ClN5OS/c1-17-15-21(30-12-4-3-5-18(30)2)28-22(27-17)29-23(32)26-16-24(10-13-31-14-11-24)19-6-8-20(25)9-7-19/h6-9,15,18H,3-5,10-14,16H2,1-2H3,(H2,26,27,28,29,32)/t18-/m0/s1. The van der Waals surface area contributed by atoms with Crippen molar-refractivity contribution in [2.45, 2.75) is 57.4 Å². The maximum Gasteiger partial charge on any atom is 0.231 e. The summed E-state index contributed by atoms with van der Waals surface area (Å²) in [5.74, 6) is 1.51. The van der Waals surface area contributed by atoms with Crippen LogP contribution in [0.3, 0.4) is 0 Å². The van der Waals surface area contributed by atoms with Gasteiger partial charge in [-0.2, -0.15) is 4.98 Å². The van der Waals surface area contributed by atoms with Crippen molar-refractivity contribution in [2.75, 3.05) is 36.5 Å². The quantitative estimate of drug-likeness (QED) is 0.601. The van der Waals surface area contributed by atoms with E-state index in [-0.39, 0.29) is 5.41 Å². The number of benzene rings is 1. The molecule has 2 N–H and O–H groups in total. The van der Waals surface area contributed by atoms with E-state index in [1.54, 1.807) is 0 Å². The Bertz CT molecular complexity index is 932. The molecule has 2 fully saturated rings. The summed E-state index contributed by atoms with van der Waals surface area (Å²) in [4.78, 5) is 11.7. The molecule has 2 saturated heterocycles. The molecular formula is C24H32ClN5OS. The monoisotopic (exact) mass is 473 g/mol. The third-order valence-electron chi connectivity index (χ3n) is 6.66. The minimum atomic E-state index is -0.0452. The van der Waals surface area contributed by atoms with Crippen LogP contribution in [0, 0.1) is 6.92 Å². The van der Waals surface area contributed by atoms with Crippen LogP contribution in [0.4, 0.5) is 11.8 Å². The molecule has 2 aliphatic heterocycles. The van der Waals surface area contributed by atoms with Gasteiger partial charge in [0.2, 0.25) is 5.95 Å². The second kappa shape index (κ2) is 10.3. The van der Waals surface area contributed by atoms with Crippen molar-refractivity contribution in [3.63, 3.8) is 0 Å². The van der Waals surface area contributed by atoms with Crippen LogP contribution in [0.15, 0.2) is 30.3 Å². The lowest BCUT2D eigenvalue weighted by Gasteiger charge is -2.38. The SMILES string of the molecule is Cc1cc(N2CCCC[C@@H]2C)nc(NC(=S)NCC2(c3ccc(Cl)cc3)CCOCC2)n1. The first-order chi connectivity index (χ1) is 15.4. The van der Waals surface area contributed by atoms with Crippen molar-refractivity contribution in [3.05, 3.63) is 46.6 Å². The van der Waals surface area contributed by atoms with Crippen LogP contribution >= 0.6 is 23.8 Å². The molecule has 0 aliphatic carbocycles. The lowest BCUT2D eigenvalue weighted by molar-refractivity contribution is 0.0515. The van der Waals surface area contributed by atoms with E-state index >= 15 is 0 Å². The van der Waals surface area contributed by atoms with Crippen LogP contribution in [0.1, 0.15) is 50.3 Å². The van der Waals surface area contributed by atoms with Crippen LogP contribution < -0.4 is 15.5 Å². The van der Waals surface area contributed by atoms with Gasteiger partial charge >= 0.3 is 0 Å². The molecule has 0 amide bonds. The number of thiocarbonyl (C=S) groups is 1. The van der Waals surface area contributed by atoms with E-state index in [2.05, 4.69) is 45.6 Å². The Labute approximate surface area is 201 Å². The molecule has 32 heavy (non-hydrogen) atoms. The molecular weight excluding hydrogens is 442 g/mol. The molecule has 1 aromatic heterocycles. The number of halogens is 1. The highest BCUT2D eigenvalue weighted by Crippen LogP contribution is 2.35. The molecule has 0 unspecified atom stereocenters. The van der Waals surface area contributed by atoms with Crippen molar-refractivity contribution in [1.82, 2.24) is 15.3 Å². The zero-order valence-electron chi connectivity index (χ0n) is 18.9. The fourth-order valence-electron chi connectivity index (χ4n) is 4.72. The highest BCUT2D eigenvalue weighted by atomic mass is 35.5. The summed E-state index contributed by atoms with van der Waals surface area (Å²) in [5, 5.41) is 7.92. The molecule has 0 bridgehead atoms. The van der Waals surface area contributed by atoms with Crippen molar-refractivity contribution >= 4 is 40.7 Å². The summed E-state index contributed by atoms with van der Waals surface area (Å²) in [5.41, 5.74) is 2.14. The second-order valence-electron chi connectivity index (χ2n) is 8.94. The number of hydrogen-bond donors (Lipinski definition) is 2. The number of aromatic nitrogens is 2. The third kappa shape index (κ3) is 5.50. The van der Waals surface area contributed by atoms with Gasteiger partial charge in [0.15, 0.2) is 5.11 Å².